The number of fused-ring (bicyclic) bond motifs is 4. The Morgan fingerprint density at radius 3 is 2.18 bits per heavy atom. The van der Waals surface area contributed by atoms with Gasteiger partial charge in [-0.2, -0.15) is 0 Å². The van der Waals surface area contributed by atoms with E-state index in [1.54, 1.807) is 4.90 Å². The fourth-order valence-corrected chi connectivity index (χ4v) is 5.88. The van der Waals surface area contributed by atoms with Gasteiger partial charge < -0.3 is 20.1 Å². The highest BCUT2D eigenvalue weighted by Crippen LogP contribution is 2.58. The monoisotopic (exact) mass is 462 g/mol. The third kappa shape index (κ3) is 3.37. The second kappa shape index (κ2) is 8.15. The van der Waals surface area contributed by atoms with Gasteiger partial charge in [0.05, 0.1) is 5.41 Å². The molecule has 1 heterocycles. The van der Waals surface area contributed by atoms with E-state index in [2.05, 4.69) is 29.6 Å². The van der Waals surface area contributed by atoms with E-state index in [-0.39, 0.29) is 30.9 Å². The van der Waals surface area contributed by atoms with Crippen molar-refractivity contribution in [1.82, 2.24) is 10.2 Å². The van der Waals surface area contributed by atoms with Crippen LogP contribution in [0.3, 0.4) is 0 Å². The molecule has 1 saturated carbocycles. The molecule has 2 aromatic carbocycles. The van der Waals surface area contributed by atoms with E-state index in [9.17, 15) is 19.5 Å². The number of carbonyl (C=O) groups is 3. The summed E-state index contributed by atoms with van der Waals surface area (Å²) in [6.45, 7) is 4.52. The van der Waals surface area contributed by atoms with Crippen LogP contribution in [0.5, 0.6) is 0 Å². The van der Waals surface area contributed by atoms with E-state index >= 15 is 0 Å². The van der Waals surface area contributed by atoms with Crippen LogP contribution in [-0.2, 0) is 14.3 Å². The minimum absolute atomic E-state index is 0.00909. The van der Waals surface area contributed by atoms with Crippen molar-refractivity contribution in [2.75, 3.05) is 19.7 Å². The van der Waals surface area contributed by atoms with Gasteiger partial charge >= 0.3 is 12.1 Å². The van der Waals surface area contributed by atoms with Crippen molar-refractivity contribution in [3.63, 3.8) is 0 Å². The number of carboxylic acid groups (broad SMARTS) is 1. The van der Waals surface area contributed by atoms with Gasteiger partial charge in [0.25, 0.3) is 0 Å². The highest BCUT2D eigenvalue weighted by Gasteiger charge is 2.67. The molecule has 0 spiro atoms. The van der Waals surface area contributed by atoms with Crippen LogP contribution in [0.1, 0.15) is 50.2 Å². The van der Waals surface area contributed by atoms with Crippen LogP contribution in [0, 0.1) is 11.3 Å². The molecule has 0 aromatic heterocycles. The maximum absolute atomic E-state index is 13.4. The fourth-order valence-electron chi connectivity index (χ4n) is 5.88. The quantitative estimate of drug-likeness (QED) is 0.648. The normalized spacial score (nSPS) is 22.5. The summed E-state index contributed by atoms with van der Waals surface area (Å²) in [5.74, 6) is -1.11. The van der Waals surface area contributed by atoms with Crippen LogP contribution in [0.25, 0.3) is 11.1 Å². The average molecular weight is 463 g/mol. The van der Waals surface area contributed by atoms with Crippen molar-refractivity contribution < 1.29 is 24.2 Å². The van der Waals surface area contributed by atoms with E-state index in [1.807, 2.05) is 38.1 Å². The van der Waals surface area contributed by atoms with E-state index in [4.69, 9.17) is 4.74 Å². The number of hydrogen-bond donors (Lipinski definition) is 2. The van der Waals surface area contributed by atoms with Crippen molar-refractivity contribution in [1.29, 1.82) is 0 Å². The summed E-state index contributed by atoms with van der Waals surface area (Å²) in [4.78, 5) is 39.6. The molecule has 2 unspecified atom stereocenters. The Bertz CT molecular complexity index is 1110. The van der Waals surface area contributed by atoms with Crippen molar-refractivity contribution in [3.8, 4) is 11.1 Å². The summed E-state index contributed by atoms with van der Waals surface area (Å²) >= 11 is 0. The minimum atomic E-state index is -1.11. The Morgan fingerprint density at radius 2 is 1.65 bits per heavy atom. The molecule has 0 radical (unpaired) electrons. The van der Waals surface area contributed by atoms with E-state index in [0.717, 1.165) is 22.3 Å². The topological polar surface area (TPSA) is 95.9 Å². The third-order valence-electron chi connectivity index (χ3n) is 8.16. The lowest BCUT2D eigenvalue weighted by Gasteiger charge is -2.35. The molecule has 7 heteroatoms. The van der Waals surface area contributed by atoms with Crippen LogP contribution in [0.4, 0.5) is 4.79 Å². The standard InChI is InChI=1S/C27H30N2O5/c1-3-27(4-2,23(30)29-14-17-13-26(17,16-29)24(31)32)28-25(33)34-15-22-20-11-7-5-9-18(20)19-10-6-8-12-21(19)22/h5-12,17,22H,3-4,13-16H2,1-2H3,(H,28,33)(H,31,32). The number of rotatable bonds is 7. The molecular weight excluding hydrogens is 432 g/mol. The SMILES string of the molecule is CCC(CC)(NC(=O)OCC1c2ccccc2-c2ccccc21)C(=O)N1CC2CC2(C(=O)O)C1. The van der Waals surface area contributed by atoms with Crippen molar-refractivity contribution in [3.05, 3.63) is 59.7 Å². The number of benzene rings is 2. The minimum Gasteiger partial charge on any atom is -0.481 e. The van der Waals surface area contributed by atoms with E-state index in [0.29, 0.717) is 25.8 Å². The first-order valence-electron chi connectivity index (χ1n) is 12.0. The number of likely N-dealkylation sites (tertiary alicyclic amines) is 1. The van der Waals surface area contributed by atoms with Gasteiger partial charge in [0, 0.05) is 19.0 Å². The Labute approximate surface area is 199 Å². The third-order valence-corrected chi connectivity index (χ3v) is 8.16. The Kier molecular flexibility index (Phi) is 5.38. The maximum Gasteiger partial charge on any atom is 0.408 e. The van der Waals surface area contributed by atoms with Gasteiger partial charge in [-0.15, -0.1) is 0 Å². The molecule has 0 bridgehead atoms. The van der Waals surface area contributed by atoms with E-state index in [1.165, 1.54) is 0 Å². The van der Waals surface area contributed by atoms with Crippen molar-refractivity contribution >= 4 is 18.0 Å². The van der Waals surface area contributed by atoms with Crippen molar-refractivity contribution in [2.45, 2.75) is 44.6 Å². The molecule has 34 heavy (non-hydrogen) atoms. The van der Waals surface area contributed by atoms with Crippen LogP contribution in [-0.4, -0.2) is 53.2 Å². The number of carboxylic acids is 1. The highest BCUT2D eigenvalue weighted by atomic mass is 16.5. The number of piperidine rings is 1. The number of hydrogen-bond acceptors (Lipinski definition) is 4. The lowest BCUT2D eigenvalue weighted by molar-refractivity contribution is -0.145. The summed E-state index contributed by atoms with van der Waals surface area (Å²) in [5, 5.41) is 12.4. The van der Waals surface area contributed by atoms with Gasteiger partial charge in [-0.25, -0.2) is 4.79 Å². The summed E-state index contributed by atoms with van der Waals surface area (Å²) in [6.07, 6.45) is 0.787. The van der Waals surface area contributed by atoms with Crippen LogP contribution in [0.15, 0.2) is 48.5 Å². The molecule has 2 fully saturated rings. The van der Waals surface area contributed by atoms with Crippen LogP contribution >= 0.6 is 0 Å². The molecule has 2 N–H and O–H groups in total. The number of nitrogens with one attached hydrogen (secondary N) is 1. The molecular formula is C27H30N2O5. The molecule has 178 valence electrons. The number of carbonyl (C=O) groups excluding carboxylic acids is 2. The molecule has 2 amide bonds. The second-order valence-electron chi connectivity index (χ2n) is 9.79. The Balaban J connectivity index is 1.28. The average Bonchev–Trinajstić information content (AvgIpc) is 3.28. The molecule has 5 rings (SSSR count). The smallest absolute Gasteiger partial charge is 0.408 e. The number of amides is 2. The van der Waals surface area contributed by atoms with Gasteiger partial charge in [-0.3, -0.25) is 9.59 Å². The molecule has 7 nitrogen and oxygen atoms in total. The van der Waals surface area contributed by atoms with Gasteiger partial charge in [-0.05, 0) is 47.4 Å². The first-order valence-corrected chi connectivity index (χ1v) is 12.0. The lowest BCUT2D eigenvalue weighted by atomic mass is 9.91. The zero-order valence-electron chi connectivity index (χ0n) is 19.5. The number of nitrogens with zero attached hydrogens (tertiary/aromatic N) is 1. The summed E-state index contributed by atoms with van der Waals surface area (Å²) in [5.41, 5.74) is 2.64. The molecule has 2 aromatic rings. The summed E-state index contributed by atoms with van der Waals surface area (Å²) < 4.78 is 5.68. The van der Waals surface area contributed by atoms with Crippen LogP contribution < -0.4 is 5.32 Å². The molecule has 2 atom stereocenters. The fraction of sp³-hybridized carbons (Fsp3) is 0.444. The largest absolute Gasteiger partial charge is 0.481 e. The lowest BCUT2D eigenvalue weighted by Crippen LogP contribution is -2.59. The zero-order chi connectivity index (χ0) is 24.1. The number of alkyl carbamates (subject to hydrolysis) is 1. The van der Waals surface area contributed by atoms with Gasteiger partial charge in [-0.1, -0.05) is 62.4 Å². The number of ether oxygens (including phenoxy) is 1. The Hall–Kier alpha value is -3.35. The first kappa shape index (κ1) is 22.4. The van der Waals surface area contributed by atoms with Gasteiger partial charge in [0.2, 0.25) is 5.91 Å². The maximum atomic E-state index is 13.4. The number of aliphatic carboxylic acids is 1. The predicted molar refractivity (Wildman–Crippen MR) is 126 cm³/mol. The summed E-state index contributed by atoms with van der Waals surface area (Å²) in [7, 11) is 0. The molecule has 2 aliphatic carbocycles. The van der Waals surface area contributed by atoms with Gasteiger partial charge in [0.15, 0.2) is 0 Å². The Morgan fingerprint density at radius 1 is 1.06 bits per heavy atom. The highest BCUT2D eigenvalue weighted by molar-refractivity contribution is 5.92. The molecule has 1 aliphatic heterocycles. The van der Waals surface area contributed by atoms with E-state index < -0.39 is 23.0 Å². The summed E-state index contributed by atoms with van der Waals surface area (Å²) in [6, 6.07) is 16.3. The zero-order valence-corrected chi connectivity index (χ0v) is 19.5. The first-order chi connectivity index (χ1) is 16.3. The predicted octanol–water partition coefficient (Wildman–Crippen LogP) is 4.02. The molecule has 3 aliphatic rings. The van der Waals surface area contributed by atoms with Crippen LogP contribution in [0.2, 0.25) is 0 Å². The van der Waals surface area contributed by atoms with Gasteiger partial charge in [0.1, 0.15) is 12.1 Å². The second-order valence-corrected chi connectivity index (χ2v) is 9.79. The molecule has 1 saturated heterocycles. The van der Waals surface area contributed by atoms with Crippen molar-refractivity contribution in [2.24, 2.45) is 11.3 Å².